The first-order valence-corrected chi connectivity index (χ1v) is 9.27. The normalized spacial score (nSPS) is 26.3. The molecule has 19 heavy (non-hydrogen) atoms. The van der Waals surface area contributed by atoms with E-state index in [1.54, 1.807) is 6.92 Å². The summed E-state index contributed by atoms with van der Waals surface area (Å²) >= 11 is 0. The third-order valence-electron chi connectivity index (χ3n) is 3.61. The Morgan fingerprint density at radius 2 is 2.00 bits per heavy atom. The lowest BCUT2D eigenvalue weighted by atomic mass is 9.97. The molecule has 4 nitrogen and oxygen atoms in total. The van der Waals surface area contributed by atoms with Crippen LogP contribution in [0.1, 0.15) is 65.2 Å². The smallest absolute Gasteiger partial charge is 0.264 e. The van der Waals surface area contributed by atoms with Gasteiger partial charge in [0.1, 0.15) is 6.10 Å². The van der Waals surface area contributed by atoms with Crippen LogP contribution in [-0.4, -0.2) is 33.0 Å². The Balaban J connectivity index is 2.33. The Morgan fingerprint density at radius 1 is 1.26 bits per heavy atom. The largest absolute Gasteiger partial charge is 0.372 e. The fourth-order valence-electron chi connectivity index (χ4n) is 2.62. The van der Waals surface area contributed by atoms with E-state index in [-0.39, 0.29) is 18.3 Å². The van der Waals surface area contributed by atoms with Gasteiger partial charge in [0, 0.05) is 0 Å². The van der Waals surface area contributed by atoms with Crippen LogP contribution < -0.4 is 0 Å². The minimum Gasteiger partial charge on any atom is -0.372 e. The Hall–Kier alpha value is -0.130. The van der Waals surface area contributed by atoms with Crippen LogP contribution in [-0.2, 0) is 19.0 Å². The van der Waals surface area contributed by atoms with Gasteiger partial charge in [0.2, 0.25) is 0 Å². The molecule has 5 heteroatoms. The van der Waals surface area contributed by atoms with Gasteiger partial charge in [-0.3, -0.25) is 4.18 Å². The van der Waals surface area contributed by atoms with Crippen molar-refractivity contribution in [3.05, 3.63) is 0 Å². The fraction of sp³-hybridized carbons (Fsp3) is 1.00. The van der Waals surface area contributed by atoms with Gasteiger partial charge < -0.3 is 4.74 Å². The number of unbranched alkanes of at least 4 members (excludes halogenated alkanes) is 3. The highest BCUT2D eigenvalue weighted by atomic mass is 32.2. The molecule has 0 saturated carbocycles. The maximum Gasteiger partial charge on any atom is 0.264 e. The lowest BCUT2D eigenvalue weighted by Gasteiger charge is -2.33. The molecule has 0 unspecified atom stereocenters. The van der Waals surface area contributed by atoms with E-state index in [0.717, 1.165) is 31.9 Å². The predicted molar refractivity (Wildman–Crippen MR) is 76.7 cm³/mol. The zero-order valence-electron chi connectivity index (χ0n) is 12.4. The van der Waals surface area contributed by atoms with Crippen LogP contribution >= 0.6 is 0 Å². The highest BCUT2D eigenvalue weighted by Gasteiger charge is 2.28. The van der Waals surface area contributed by atoms with Crippen LogP contribution in [0.25, 0.3) is 0 Å². The van der Waals surface area contributed by atoms with E-state index in [9.17, 15) is 8.42 Å². The number of ether oxygens (including phenoxy) is 1. The molecule has 0 aromatic heterocycles. The van der Waals surface area contributed by atoms with Crippen molar-refractivity contribution in [1.82, 2.24) is 0 Å². The Labute approximate surface area is 118 Å². The first kappa shape index (κ1) is 16.9. The molecule has 0 radical (unpaired) electrons. The van der Waals surface area contributed by atoms with E-state index in [0.29, 0.717) is 0 Å². The molecule has 3 atom stereocenters. The predicted octanol–water partition coefficient (Wildman–Crippen LogP) is 3.26. The standard InChI is InChI=1S/C14H28O4S/c1-4-5-6-7-9-13-10-8-11-14(17-13)12(2)18-19(3,15)16/h12-14H,4-11H2,1-3H3/t12-,13-,14+/m0/s1. The van der Waals surface area contributed by atoms with Gasteiger partial charge in [0.05, 0.1) is 18.5 Å². The monoisotopic (exact) mass is 292 g/mol. The average molecular weight is 292 g/mol. The van der Waals surface area contributed by atoms with E-state index >= 15 is 0 Å². The molecule has 114 valence electrons. The third kappa shape index (κ3) is 7.28. The molecule has 0 aliphatic carbocycles. The van der Waals surface area contributed by atoms with E-state index in [1.807, 2.05) is 0 Å². The molecule has 1 heterocycles. The van der Waals surface area contributed by atoms with E-state index in [1.165, 1.54) is 25.7 Å². The molecule has 1 fully saturated rings. The fourth-order valence-corrected chi connectivity index (χ4v) is 3.30. The maximum absolute atomic E-state index is 11.1. The molecule has 0 aromatic rings. The van der Waals surface area contributed by atoms with Gasteiger partial charge in [-0.1, -0.05) is 32.6 Å². The van der Waals surface area contributed by atoms with E-state index in [2.05, 4.69) is 6.92 Å². The van der Waals surface area contributed by atoms with Crippen molar-refractivity contribution in [2.75, 3.05) is 6.26 Å². The van der Waals surface area contributed by atoms with Gasteiger partial charge in [-0.2, -0.15) is 8.42 Å². The average Bonchev–Trinajstić information content (AvgIpc) is 2.33. The summed E-state index contributed by atoms with van der Waals surface area (Å²) in [5.41, 5.74) is 0. The zero-order chi connectivity index (χ0) is 14.3. The Kier molecular flexibility index (Phi) is 7.32. The molecule has 0 spiro atoms. The lowest BCUT2D eigenvalue weighted by molar-refractivity contribution is -0.0943. The van der Waals surface area contributed by atoms with E-state index < -0.39 is 10.1 Å². The number of hydrogen-bond acceptors (Lipinski definition) is 4. The van der Waals surface area contributed by atoms with Crippen LogP contribution in [0.5, 0.6) is 0 Å². The van der Waals surface area contributed by atoms with Crippen LogP contribution in [0.4, 0.5) is 0 Å². The van der Waals surface area contributed by atoms with Gasteiger partial charge in [0.15, 0.2) is 0 Å². The lowest BCUT2D eigenvalue weighted by Crippen LogP contribution is -2.37. The molecule has 0 amide bonds. The minimum absolute atomic E-state index is 0.0837. The molecule has 1 aliphatic rings. The highest BCUT2D eigenvalue weighted by Crippen LogP contribution is 2.26. The van der Waals surface area contributed by atoms with Crippen LogP contribution in [0.2, 0.25) is 0 Å². The second-order valence-corrected chi connectivity index (χ2v) is 7.18. The van der Waals surface area contributed by atoms with Crippen molar-refractivity contribution >= 4 is 10.1 Å². The maximum atomic E-state index is 11.1. The van der Waals surface area contributed by atoms with Crippen LogP contribution in [0.15, 0.2) is 0 Å². The van der Waals surface area contributed by atoms with Crippen molar-refractivity contribution in [3.63, 3.8) is 0 Å². The van der Waals surface area contributed by atoms with Gasteiger partial charge in [-0.15, -0.1) is 0 Å². The molecule has 0 aromatic carbocycles. The molecule has 0 bridgehead atoms. The van der Waals surface area contributed by atoms with Crippen molar-refractivity contribution in [1.29, 1.82) is 0 Å². The molecule has 0 N–H and O–H groups in total. The quantitative estimate of drug-likeness (QED) is 0.509. The van der Waals surface area contributed by atoms with Gasteiger partial charge in [-0.05, 0) is 32.6 Å². The van der Waals surface area contributed by atoms with E-state index in [4.69, 9.17) is 8.92 Å². The first-order valence-electron chi connectivity index (χ1n) is 7.46. The third-order valence-corrected chi connectivity index (χ3v) is 4.26. The van der Waals surface area contributed by atoms with Crippen LogP contribution in [0, 0.1) is 0 Å². The summed E-state index contributed by atoms with van der Waals surface area (Å²) in [5, 5.41) is 0. The van der Waals surface area contributed by atoms with Crippen LogP contribution in [0.3, 0.4) is 0 Å². The summed E-state index contributed by atoms with van der Waals surface area (Å²) in [5.74, 6) is 0. The molecule has 1 saturated heterocycles. The zero-order valence-corrected chi connectivity index (χ0v) is 13.2. The molecular weight excluding hydrogens is 264 g/mol. The van der Waals surface area contributed by atoms with Gasteiger partial charge in [-0.25, -0.2) is 0 Å². The van der Waals surface area contributed by atoms with Crippen molar-refractivity contribution in [2.24, 2.45) is 0 Å². The number of rotatable bonds is 8. The van der Waals surface area contributed by atoms with Gasteiger partial charge >= 0.3 is 0 Å². The SMILES string of the molecule is CCCCCC[C@H]1CCC[C@H]([C@H](C)OS(C)(=O)=O)O1. The number of hydrogen-bond donors (Lipinski definition) is 0. The first-order chi connectivity index (χ1) is 8.92. The summed E-state index contributed by atoms with van der Waals surface area (Å²) in [6, 6.07) is 0. The second-order valence-electron chi connectivity index (χ2n) is 5.58. The minimum atomic E-state index is -3.39. The summed E-state index contributed by atoms with van der Waals surface area (Å²) in [4.78, 5) is 0. The molecular formula is C14H28O4S. The van der Waals surface area contributed by atoms with Crippen molar-refractivity contribution in [3.8, 4) is 0 Å². The Bertz CT molecular complexity index is 339. The summed E-state index contributed by atoms with van der Waals surface area (Å²) in [6.45, 7) is 3.99. The molecule has 1 rings (SSSR count). The van der Waals surface area contributed by atoms with Crippen molar-refractivity contribution in [2.45, 2.75) is 83.5 Å². The summed E-state index contributed by atoms with van der Waals surface area (Å²) < 4.78 is 33.3. The Morgan fingerprint density at radius 3 is 2.63 bits per heavy atom. The van der Waals surface area contributed by atoms with Gasteiger partial charge in [0.25, 0.3) is 10.1 Å². The van der Waals surface area contributed by atoms with Crippen molar-refractivity contribution < 1.29 is 17.3 Å². The second kappa shape index (κ2) is 8.22. The summed E-state index contributed by atoms with van der Waals surface area (Å²) in [7, 11) is -3.39. The highest BCUT2D eigenvalue weighted by molar-refractivity contribution is 7.86. The molecule has 1 aliphatic heterocycles. The topological polar surface area (TPSA) is 52.6 Å². The summed E-state index contributed by atoms with van der Waals surface area (Å²) in [6.07, 6.45) is 10.1.